The first kappa shape index (κ1) is 16.9. The van der Waals surface area contributed by atoms with Gasteiger partial charge in [-0.1, -0.05) is 13.8 Å². The molecule has 0 aliphatic rings. The molecule has 0 saturated heterocycles. The Morgan fingerprint density at radius 1 is 1.19 bits per heavy atom. The quantitative estimate of drug-likeness (QED) is 0.334. The highest BCUT2D eigenvalue weighted by Crippen LogP contribution is 2.27. The molecule has 0 amide bonds. The van der Waals surface area contributed by atoms with Gasteiger partial charge in [0.2, 0.25) is 5.78 Å². The molecule has 0 fully saturated rings. The van der Waals surface area contributed by atoms with E-state index in [-0.39, 0.29) is 12.5 Å². The highest BCUT2D eigenvalue weighted by atomic mass is 16.5. The van der Waals surface area contributed by atoms with Crippen LogP contribution in [0, 0.1) is 0 Å². The van der Waals surface area contributed by atoms with E-state index in [0.29, 0.717) is 11.3 Å². The molecule has 0 aromatic heterocycles. The third kappa shape index (κ3) is 4.41. The summed E-state index contributed by atoms with van der Waals surface area (Å²) in [5.74, 6) is -1.34. The third-order valence-electron chi connectivity index (χ3n) is 3.00. The molecule has 0 radical (unpaired) electrons. The molecule has 1 aromatic rings. The molecule has 21 heavy (non-hydrogen) atoms. The van der Waals surface area contributed by atoms with Crippen LogP contribution in [0.2, 0.25) is 0 Å². The van der Waals surface area contributed by atoms with Crippen LogP contribution in [0.15, 0.2) is 18.2 Å². The predicted molar refractivity (Wildman–Crippen MR) is 77.7 cm³/mol. The largest absolute Gasteiger partial charge is 0.496 e. The zero-order chi connectivity index (χ0) is 16.0. The first-order valence-electron chi connectivity index (χ1n) is 6.81. The van der Waals surface area contributed by atoms with E-state index in [9.17, 15) is 14.4 Å². The van der Waals surface area contributed by atoms with Crippen molar-refractivity contribution in [1.29, 1.82) is 0 Å². The molecule has 0 unspecified atom stereocenters. The second kappa shape index (κ2) is 7.57. The van der Waals surface area contributed by atoms with E-state index in [4.69, 9.17) is 4.74 Å². The maximum absolute atomic E-state index is 12.1. The molecule has 0 aliphatic carbocycles. The van der Waals surface area contributed by atoms with E-state index < -0.39 is 24.0 Å². The van der Waals surface area contributed by atoms with Gasteiger partial charge in [0.05, 0.1) is 20.1 Å². The highest BCUT2D eigenvalue weighted by molar-refractivity contribution is 6.38. The van der Waals surface area contributed by atoms with Crippen LogP contribution in [0.5, 0.6) is 5.75 Å². The summed E-state index contributed by atoms with van der Waals surface area (Å²) >= 11 is 0. The van der Waals surface area contributed by atoms with Gasteiger partial charge in [-0.15, -0.1) is 0 Å². The van der Waals surface area contributed by atoms with E-state index in [1.54, 1.807) is 32.2 Å². The number of carbonyl (C=O) groups excluding carboxylic acids is 3. The highest BCUT2D eigenvalue weighted by Gasteiger charge is 2.21. The summed E-state index contributed by atoms with van der Waals surface area (Å²) in [5, 5.41) is 0. The Morgan fingerprint density at radius 3 is 2.38 bits per heavy atom. The average molecular weight is 292 g/mol. The van der Waals surface area contributed by atoms with Crippen LogP contribution in [0.1, 0.15) is 49.0 Å². The molecular weight excluding hydrogens is 272 g/mol. The SMILES string of the molecule is CCOC(=O)C(=O)CC(=O)c1ccc(OC)c(C(C)C)c1. The van der Waals surface area contributed by atoms with Gasteiger partial charge in [-0.05, 0) is 36.6 Å². The smallest absolute Gasteiger partial charge is 0.375 e. The zero-order valence-corrected chi connectivity index (χ0v) is 12.8. The van der Waals surface area contributed by atoms with Crippen molar-refractivity contribution in [3.05, 3.63) is 29.3 Å². The molecule has 5 nitrogen and oxygen atoms in total. The number of hydrogen-bond acceptors (Lipinski definition) is 5. The summed E-state index contributed by atoms with van der Waals surface area (Å²) < 4.78 is 9.82. The lowest BCUT2D eigenvalue weighted by atomic mass is 9.96. The Hall–Kier alpha value is -2.17. The summed E-state index contributed by atoms with van der Waals surface area (Å²) in [6, 6.07) is 4.98. The molecule has 0 N–H and O–H groups in total. The number of methoxy groups -OCH3 is 1. The lowest BCUT2D eigenvalue weighted by molar-refractivity contribution is -0.153. The van der Waals surface area contributed by atoms with Gasteiger partial charge >= 0.3 is 5.97 Å². The van der Waals surface area contributed by atoms with Gasteiger partial charge in [0.25, 0.3) is 0 Å². The molecule has 114 valence electrons. The van der Waals surface area contributed by atoms with Gasteiger partial charge in [0.1, 0.15) is 5.75 Å². The van der Waals surface area contributed by atoms with Crippen molar-refractivity contribution in [3.8, 4) is 5.75 Å². The van der Waals surface area contributed by atoms with Crippen LogP contribution in [0.4, 0.5) is 0 Å². The number of carbonyl (C=O) groups is 3. The van der Waals surface area contributed by atoms with Crippen molar-refractivity contribution in [3.63, 3.8) is 0 Å². The number of ketones is 2. The van der Waals surface area contributed by atoms with Gasteiger partial charge in [-0.25, -0.2) is 4.79 Å². The third-order valence-corrected chi connectivity index (χ3v) is 3.00. The number of benzene rings is 1. The van der Waals surface area contributed by atoms with E-state index >= 15 is 0 Å². The lowest BCUT2D eigenvalue weighted by Crippen LogP contribution is -2.20. The first-order chi connectivity index (χ1) is 9.90. The fourth-order valence-corrected chi connectivity index (χ4v) is 1.89. The zero-order valence-electron chi connectivity index (χ0n) is 12.8. The van der Waals surface area contributed by atoms with E-state index in [1.807, 2.05) is 13.8 Å². The van der Waals surface area contributed by atoms with Crippen molar-refractivity contribution in [2.45, 2.75) is 33.1 Å². The van der Waals surface area contributed by atoms with Crippen LogP contribution < -0.4 is 4.74 Å². The van der Waals surface area contributed by atoms with Crippen LogP contribution in [0.25, 0.3) is 0 Å². The summed E-state index contributed by atoms with van der Waals surface area (Å²) in [4.78, 5) is 34.8. The Morgan fingerprint density at radius 2 is 1.86 bits per heavy atom. The van der Waals surface area contributed by atoms with Crippen molar-refractivity contribution >= 4 is 17.5 Å². The standard InChI is InChI=1S/C16H20O5/c1-5-21-16(19)14(18)9-13(17)11-6-7-15(20-4)12(8-11)10(2)3/h6-8,10H,5,9H2,1-4H3. The van der Waals surface area contributed by atoms with Gasteiger partial charge in [-0.3, -0.25) is 9.59 Å². The van der Waals surface area contributed by atoms with Crippen LogP contribution in [0.3, 0.4) is 0 Å². The van der Waals surface area contributed by atoms with Gasteiger partial charge in [0, 0.05) is 5.56 Å². The number of Topliss-reactive ketones (excluding diaryl/α,β-unsaturated/α-hetero) is 2. The summed E-state index contributed by atoms with van der Waals surface area (Å²) in [6.07, 6.45) is -0.483. The topological polar surface area (TPSA) is 69.7 Å². The molecule has 1 aromatic carbocycles. The summed E-state index contributed by atoms with van der Waals surface area (Å²) in [6.45, 7) is 5.68. The van der Waals surface area contributed by atoms with Crippen molar-refractivity contribution in [1.82, 2.24) is 0 Å². The minimum atomic E-state index is -0.969. The predicted octanol–water partition coefficient (Wildman–Crippen LogP) is 2.52. The first-order valence-corrected chi connectivity index (χ1v) is 6.81. The summed E-state index contributed by atoms with van der Waals surface area (Å²) in [7, 11) is 1.56. The molecule has 0 bridgehead atoms. The molecule has 0 saturated carbocycles. The maximum Gasteiger partial charge on any atom is 0.375 e. The normalized spacial score (nSPS) is 10.3. The Balaban J connectivity index is 2.91. The van der Waals surface area contributed by atoms with Crippen molar-refractivity contribution in [2.75, 3.05) is 13.7 Å². The fourth-order valence-electron chi connectivity index (χ4n) is 1.89. The number of ether oxygens (including phenoxy) is 2. The van der Waals surface area contributed by atoms with Gasteiger partial charge in [0.15, 0.2) is 5.78 Å². The molecule has 5 heteroatoms. The average Bonchev–Trinajstić information content (AvgIpc) is 2.46. The fraction of sp³-hybridized carbons (Fsp3) is 0.438. The van der Waals surface area contributed by atoms with E-state index in [1.165, 1.54) is 0 Å². The number of hydrogen-bond donors (Lipinski definition) is 0. The van der Waals surface area contributed by atoms with Crippen LogP contribution >= 0.6 is 0 Å². The Bertz CT molecular complexity index is 546. The minimum absolute atomic E-state index is 0.110. The molecule has 0 atom stereocenters. The molecule has 1 rings (SSSR count). The molecule has 0 heterocycles. The monoisotopic (exact) mass is 292 g/mol. The molecule has 0 aliphatic heterocycles. The lowest BCUT2D eigenvalue weighted by Gasteiger charge is -2.13. The number of rotatable bonds is 7. The summed E-state index contributed by atoms with van der Waals surface area (Å²) in [5.41, 5.74) is 1.27. The minimum Gasteiger partial charge on any atom is -0.496 e. The van der Waals surface area contributed by atoms with Gasteiger partial charge in [-0.2, -0.15) is 0 Å². The second-order valence-electron chi connectivity index (χ2n) is 4.86. The molecular formula is C16H20O5. The number of esters is 1. The second-order valence-corrected chi connectivity index (χ2v) is 4.86. The van der Waals surface area contributed by atoms with E-state index in [0.717, 1.165) is 5.56 Å². The van der Waals surface area contributed by atoms with Crippen molar-refractivity contribution in [2.24, 2.45) is 0 Å². The Labute approximate surface area is 124 Å². The van der Waals surface area contributed by atoms with Crippen molar-refractivity contribution < 1.29 is 23.9 Å². The maximum atomic E-state index is 12.1. The molecule has 0 spiro atoms. The van der Waals surface area contributed by atoms with Gasteiger partial charge < -0.3 is 9.47 Å². The van der Waals surface area contributed by atoms with Crippen LogP contribution in [-0.4, -0.2) is 31.3 Å². The Kier molecular flexibility index (Phi) is 6.09. The van der Waals surface area contributed by atoms with E-state index in [2.05, 4.69) is 4.74 Å². The van der Waals surface area contributed by atoms with Crippen LogP contribution in [-0.2, 0) is 14.3 Å².